The maximum atomic E-state index is 16.1. The fraction of sp³-hybridized carbons (Fsp3) is 0.256. The van der Waals surface area contributed by atoms with Gasteiger partial charge in [0.15, 0.2) is 5.78 Å². The SMILES string of the molecule is O=C1OC(=O)[C@H]2[C@@H]3C=C[C@H]([C@@H]12)[C@@H]1[C@@H]3[C@H]2[C@H]1[C@@]1(c3ccccc3)C(=O)[C@@]2(c2ccccc2)C(c2ccccn2)=C1c1ccccn1. The van der Waals surface area contributed by atoms with E-state index in [9.17, 15) is 9.59 Å². The van der Waals surface area contributed by atoms with Gasteiger partial charge in [0.1, 0.15) is 0 Å². The zero-order valence-electron chi connectivity index (χ0n) is 24.2. The fourth-order valence-electron chi connectivity index (χ4n) is 11.1. The van der Waals surface area contributed by atoms with Gasteiger partial charge in [0.2, 0.25) is 0 Å². The minimum absolute atomic E-state index is 0.0310. The van der Waals surface area contributed by atoms with Crippen LogP contribution in [0.5, 0.6) is 0 Å². The van der Waals surface area contributed by atoms with Crippen molar-refractivity contribution in [3.8, 4) is 0 Å². The van der Waals surface area contributed by atoms with E-state index in [1.54, 1.807) is 12.4 Å². The lowest BCUT2D eigenvalue weighted by Gasteiger charge is -2.68. The Morgan fingerprint density at radius 2 is 0.956 bits per heavy atom. The average Bonchev–Trinajstić information content (AvgIpc) is 3.60. The molecule has 2 aromatic heterocycles. The van der Waals surface area contributed by atoms with E-state index in [1.165, 1.54) is 0 Å². The molecular formula is C39H28N2O4. The summed E-state index contributed by atoms with van der Waals surface area (Å²) >= 11 is 0. The van der Waals surface area contributed by atoms with Crippen LogP contribution in [0.2, 0.25) is 0 Å². The monoisotopic (exact) mass is 588 g/mol. The number of pyridine rings is 2. The van der Waals surface area contributed by atoms with Crippen molar-refractivity contribution in [3.05, 3.63) is 144 Å². The Balaban J connectivity index is 1.36. The highest BCUT2D eigenvalue weighted by Gasteiger charge is 2.86. The van der Waals surface area contributed by atoms with Crippen molar-refractivity contribution in [1.82, 2.24) is 9.97 Å². The molecule has 6 aliphatic carbocycles. The van der Waals surface area contributed by atoms with E-state index in [0.29, 0.717) is 0 Å². The van der Waals surface area contributed by atoms with Crippen molar-refractivity contribution in [1.29, 1.82) is 0 Å². The number of fused-ring (bicyclic) bond motifs is 5. The topological polar surface area (TPSA) is 86.2 Å². The lowest BCUT2D eigenvalue weighted by Crippen LogP contribution is -2.68. The second-order valence-corrected chi connectivity index (χ2v) is 13.4. The van der Waals surface area contributed by atoms with Crippen LogP contribution in [0, 0.1) is 47.3 Å². The van der Waals surface area contributed by atoms with Gasteiger partial charge in [-0.2, -0.15) is 0 Å². The van der Waals surface area contributed by atoms with E-state index in [1.807, 2.05) is 72.8 Å². The van der Waals surface area contributed by atoms with Crippen LogP contribution in [0.3, 0.4) is 0 Å². The number of hydrogen-bond donors (Lipinski definition) is 0. The minimum Gasteiger partial charge on any atom is -0.393 e. The molecule has 1 aliphatic heterocycles. The van der Waals surface area contributed by atoms with Gasteiger partial charge in [-0.15, -0.1) is 0 Å². The summed E-state index contributed by atoms with van der Waals surface area (Å²) in [5.41, 5.74) is 3.18. The van der Waals surface area contributed by atoms with Gasteiger partial charge in [-0.05, 0) is 70.9 Å². The van der Waals surface area contributed by atoms with E-state index in [-0.39, 0.29) is 41.3 Å². The number of benzene rings is 2. The van der Waals surface area contributed by atoms with E-state index in [2.05, 4.69) is 36.4 Å². The normalized spacial score (nSPS) is 38.1. The number of cyclic esters (lactones) is 2. The Morgan fingerprint density at radius 1 is 0.533 bits per heavy atom. The number of ether oxygens (including phenoxy) is 1. The van der Waals surface area contributed by atoms with Gasteiger partial charge in [-0.3, -0.25) is 24.4 Å². The fourth-order valence-corrected chi connectivity index (χ4v) is 11.1. The summed E-state index contributed by atoms with van der Waals surface area (Å²) < 4.78 is 5.31. The number of hydrogen-bond acceptors (Lipinski definition) is 6. The van der Waals surface area contributed by atoms with Gasteiger partial charge in [-0.1, -0.05) is 84.9 Å². The number of carbonyl (C=O) groups excluding carboxylic acids is 3. The molecule has 7 aliphatic rings. The van der Waals surface area contributed by atoms with Crippen LogP contribution in [0.1, 0.15) is 22.5 Å². The number of Topliss-reactive ketones (excluding diaryl/α,β-unsaturated/α-hetero) is 1. The predicted molar refractivity (Wildman–Crippen MR) is 165 cm³/mol. The number of esters is 2. The Labute approximate surface area is 259 Å². The third kappa shape index (κ3) is 2.73. The number of allylic oxidation sites excluding steroid dienone is 4. The molecule has 3 heterocycles. The van der Waals surface area contributed by atoms with E-state index >= 15 is 4.79 Å². The molecule has 4 fully saturated rings. The zero-order chi connectivity index (χ0) is 30.1. The Bertz CT molecular complexity index is 1850. The quantitative estimate of drug-likeness (QED) is 0.179. The Morgan fingerprint density at radius 3 is 1.36 bits per heavy atom. The van der Waals surface area contributed by atoms with Crippen LogP contribution in [-0.4, -0.2) is 27.7 Å². The zero-order valence-corrected chi connectivity index (χ0v) is 24.2. The molecule has 4 bridgehead atoms. The van der Waals surface area contributed by atoms with Gasteiger partial charge < -0.3 is 4.74 Å². The molecule has 0 radical (unpaired) electrons. The van der Waals surface area contributed by atoms with Gasteiger partial charge in [0.25, 0.3) is 0 Å². The molecule has 4 aromatic rings. The summed E-state index contributed by atoms with van der Waals surface area (Å²) in [4.78, 5) is 52.3. The van der Waals surface area contributed by atoms with Crippen LogP contribution in [-0.2, 0) is 30.0 Å². The molecule has 45 heavy (non-hydrogen) atoms. The standard InChI is InChI=1S/C39H28N2O4/c42-35-29-23-17-18-24(30(29)36(43)45-35)28-27(23)33-34(28)39(22-13-5-2-6-14-22)32(26-16-8-10-20-41-26)31(25-15-7-9-19-40-25)38(33,37(39)44)21-11-3-1-4-12-21/h1-20,23-24,27-30,33-34H/t23-,24+,27-,28-,29+,30-,33+,34+,38+,39+/m1/s1. The van der Waals surface area contributed by atoms with Crippen molar-refractivity contribution in [2.45, 2.75) is 10.8 Å². The molecule has 6 nitrogen and oxygen atoms in total. The third-order valence-electron chi connectivity index (χ3n) is 12.1. The maximum absolute atomic E-state index is 16.1. The van der Waals surface area contributed by atoms with Crippen LogP contribution >= 0.6 is 0 Å². The van der Waals surface area contributed by atoms with Crippen molar-refractivity contribution < 1.29 is 19.1 Å². The summed E-state index contributed by atoms with van der Waals surface area (Å²) in [5.74, 6) is -2.17. The average molecular weight is 589 g/mol. The number of aromatic nitrogens is 2. The third-order valence-corrected chi connectivity index (χ3v) is 12.1. The second-order valence-electron chi connectivity index (χ2n) is 13.4. The van der Waals surface area contributed by atoms with Gasteiger partial charge in [-0.25, -0.2) is 0 Å². The molecule has 0 N–H and O–H groups in total. The molecule has 0 amide bonds. The summed E-state index contributed by atoms with van der Waals surface area (Å²) in [7, 11) is 0. The number of carbonyl (C=O) groups is 3. The van der Waals surface area contributed by atoms with Gasteiger partial charge in [0.05, 0.1) is 34.1 Å². The van der Waals surface area contributed by atoms with Crippen LogP contribution in [0.15, 0.2) is 122 Å². The van der Waals surface area contributed by atoms with Crippen molar-refractivity contribution in [3.63, 3.8) is 0 Å². The van der Waals surface area contributed by atoms with E-state index in [0.717, 1.165) is 33.7 Å². The first-order valence-corrected chi connectivity index (χ1v) is 15.8. The first-order chi connectivity index (χ1) is 22.1. The van der Waals surface area contributed by atoms with Crippen LogP contribution in [0.4, 0.5) is 0 Å². The molecule has 6 heteroatoms. The van der Waals surface area contributed by atoms with Crippen molar-refractivity contribution in [2.75, 3.05) is 0 Å². The van der Waals surface area contributed by atoms with Gasteiger partial charge in [0, 0.05) is 23.5 Å². The largest absolute Gasteiger partial charge is 0.393 e. The first-order valence-electron chi connectivity index (χ1n) is 15.8. The lowest BCUT2D eigenvalue weighted by molar-refractivity contribution is -0.167. The number of rotatable bonds is 4. The minimum atomic E-state index is -1.03. The summed E-state index contributed by atoms with van der Waals surface area (Å²) in [6.07, 6.45) is 7.88. The van der Waals surface area contributed by atoms with Crippen molar-refractivity contribution in [2.24, 2.45) is 47.3 Å². The summed E-state index contributed by atoms with van der Waals surface area (Å²) in [6.45, 7) is 0. The molecular weight excluding hydrogens is 560 g/mol. The summed E-state index contributed by atoms with van der Waals surface area (Å²) in [5, 5.41) is 0. The second kappa shape index (κ2) is 8.60. The lowest BCUT2D eigenvalue weighted by atomic mass is 9.33. The maximum Gasteiger partial charge on any atom is 0.318 e. The molecule has 11 rings (SSSR count). The van der Waals surface area contributed by atoms with Crippen molar-refractivity contribution >= 4 is 28.9 Å². The Kier molecular flexibility index (Phi) is 4.85. The summed E-state index contributed by atoms with van der Waals surface area (Å²) in [6, 6.07) is 32.1. The van der Waals surface area contributed by atoms with Gasteiger partial charge >= 0.3 is 11.9 Å². The predicted octanol–water partition coefficient (Wildman–Crippen LogP) is 5.47. The number of nitrogens with zero attached hydrogens (tertiary/aromatic N) is 2. The smallest absolute Gasteiger partial charge is 0.318 e. The molecule has 0 spiro atoms. The van der Waals surface area contributed by atoms with E-state index in [4.69, 9.17) is 14.7 Å². The molecule has 0 unspecified atom stereocenters. The molecule has 3 saturated carbocycles. The Hall–Kier alpha value is -4.97. The molecule has 10 atom stereocenters. The highest BCUT2D eigenvalue weighted by molar-refractivity contribution is 6.29. The van der Waals surface area contributed by atoms with Crippen LogP contribution < -0.4 is 0 Å². The molecule has 1 saturated heterocycles. The highest BCUT2D eigenvalue weighted by Crippen LogP contribution is 2.84. The highest BCUT2D eigenvalue weighted by atomic mass is 16.6. The molecule has 218 valence electrons. The molecule has 2 aromatic carbocycles. The van der Waals surface area contributed by atoms with Crippen LogP contribution in [0.25, 0.3) is 11.1 Å². The number of ketones is 1. The first kappa shape index (κ1) is 25.4. The van der Waals surface area contributed by atoms with E-state index < -0.39 is 34.6 Å².